The molecule has 0 bridgehead atoms. The minimum Gasteiger partial charge on any atom is -0.506 e. The number of rotatable bonds is 5. The van der Waals surface area contributed by atoms with Crippen molar-refractivity contribution in [2.45, 2.75) is 71.1 Å². The molecule has 1 saturated heterocycles. The van der Waals surface area contributed by atoms with Crippen LogP contribution in [0.2, 0.25) is 0 Å². The number of phenols is 1. The number of aryl methyl sites for hydroxylation is 1. The lowest BCUT2D eigenvalue weighted by molar-refractivity contribution is -0.161. The minimum absolute atomic E-state index is 0.0481. The highest BCUT2D eigenvalue weighted by atomic mass is 32.1. The van der Waals surface area contributed by atoms with E-state index in [1.54, 1.807) is 11.0 Å². The number of nitrogens with one attached hydrogen (secondary N) is 2. The fourth-order valence-corrected chi connectivity index (χ4v) is 4.15. The van der Waals surface area contributed by atoms with Crippen molar-refractivity contribution in [1.29, 1.82) is 0 Å². The average molecular weight is 436 g/mol. The van der Waals surface area contributed by atoms with Gasteiger partial charge in [-0.3, -0.25) is 4.79 Å². The van der Waals surface area contributed by atoms with Crippen molar-refractivity contribution in [2.24, 2.45) is 0 Å². The number of fused-ring (bicyclic) bond motifs is 1. The van der Waals surface area contributed by atoms with E-state index in [2.05, 4.69) is 10.6 Å². The van der Waals surface area contributed by atoms with E-state index in [9.17, 15) is 9.90 Å². The molecule has 8 heteroatoms. The second-order valence-corrected chi connectivity index (χ2v) is 9.30. The smallest absolute Gasteiger partial charge is 0.227 e. The zero-order valence-corrected chi connectivity index (χ0v) is 18.9. The monoisotopic (exact) mass is 435 g/mol. The topological polar surface area (TPSA) is 83.1 Å². The van der Waals surface area contributed by atoms with E-state index in [4.69, 9.17) is 21.7 Å². The molecular formula is C22H33N3O4S. The second-order valence-electron chi connectivity index (χ2n) is 8.89. The van der Waals surface area contributed by atoms with Gasteiger partial charge in [-0.15, -0.1) is 0 Å². The van der Waals surface area contributed by atoms with Gasteiger partial charge in [-0.1, -0.05) is 0 Å². The number of nitrogens with zero attached hydrogens (tertiary/aromatic N) is 1. The Morgan fingerprint density at radius 1 is 1.30 bits per heavy atom. The van der Waals surface area contributed by atoms with E-state index in [1.165, 1.54) is 0 Å². The molecule has 0 saturated carbocycles. The molecule has 0 radical (unpaired) electrons. The molecule has 1 aromatic carbocycles. The molecular weight excluding hydrogens is 402 g/mol. The predicted molar refractivity (Wildman–Crippen MR) is 122 cm³/mol. The SMILES string of the molecule is CC(C)(C)NC(=S)Nc1cc2c(cc1O)N(CCOC1CCCCO1)C(=O)CCC2. The molecule has 0 aromatic heterocycles. The molecule has 1 aromatic rings. The molecule has 2 aliphatic heterocycles. The van der Waals surface area contributed by atoms with Crippen molar-refractivity contribution in [3.63, 3.8) is 0 Å². The van der Waals surface area contributed by atoms with Crippen LogP contribution in [0.1, 0.15) is 58.4 Å². The Bertz CT molecular complexity index is 772. The summed E-state index contributed by atoms with van der Waals surface area (Å²) >= 11 is 5.36. The summed E-state index contributed by atoms with van der Waals surface area (Å²) in [6.45, 7) is 7.61. The van der Waals surface area contributed by atoms with Crippen LogP contribution in [0, 0.1) is 0 Å². The van der Waals surface area contributed by atoms with Crippen LogP contribution in [0.15, 0.2) is 12.1 Å². The zero-order chi connectivity index (χ0) is 21.7. The quantitative estimate of drug-likeness (QED) is 0.481. The summed E-state index contributed by atoms with van der Waals surface area (Å²) in [6.07, 6.45) is 4.89. The molecule has 3 rings (SSSR count). The lowest BCUT2D eigenvalue weighted by Gasteiger charge is -2.27. The summed E-state index contributed by atoms with van der Waals surface area (Å²) in [4.78, 5) is 14.4. The summed E-state index contributed by atoms with van der Waals surface area (Å²) in [7, 11) is 0. The lowest BCUT2D eigenvalue weighted by atomic mass is 10.1. The van der Waals surface area contributed by atoms with E-state index in [-0.39, 0.29) is 23.5 Å². The van der Waals surface area contributed by atoms with E-state index in [0.29, 0.717) is 30.4 Å². The summed E-state index contributed by atoms with van der Waals surface area (Å²) in [5, 5.41) is 17.3. The van der Waals surface area contributed by atoms with Gasteiger partial charge in [0.05, 0.1) is 18.0 Å². The van der Waals surface area contributed by atoms with Crippen LogP contribution >= 0.6 is 12.2 Å². The number of amides is 1. The predicted octanol–water partition coefficient (Wildman–Crippen LogP) is 3.69. The molecule has 3 N–H and O–H groups in total. The maximum atomic E-state index is 12.7. The highest BCUT2D eigenvalue weighted by Crippen LogP contribution is 2.36. The van der Waals surface area contributed by atoms with Crippen molar-refractivity contribution >= 4 is 34.6 Å². The number of aromatic hydroxyl groups is 1. The molecule has 1 atom stereocenters. The molecule has 1 unspecified atom stereocenters. The Balaban J connectivity index is 1.71. The summed E-state index contributed by atoms with van der Waals surface area (Å²) in [6, 6.07) is 3.54. The van der Waals surface area contributed by atoms with Gasteiger partial charge in [-0.25, -0.2) is 0 Å². The van der Waals surface area contributed by atoms with Gasteiger partial charge in [0.2, 0.25) is 5.91 Å². The number of ether oxygens (including phenoxy) is 2. The van der Waals surface area contributed by atoms with Gasteiger partial charge in [0.25, 0.3) is 0 Å². The van der Waals surface area contributed by atoms with Crippen LogP contribution in [-0.4, -0.2) is 47.7 Å². The number of carbonyl (C=O) groups excluding carboxylic acids is 1. The van der Waals surface area contributed by atoms with Gasteiger partial charge in [0, 0.05) is 31.2 Å². The number of carbonyl (C=O) groups is 1. The van der Waals surface area contributed by atoms with Crippen molar-refractivity contribution in [1.82, 2.24) is 5.32 Å². The summed E-state index contributed by atoms with van der Waals surface area (Å²) < 4.78 is 11.4. The maximum absolute atomic E-state index is 12.7. The third-order valence-corrected chi connectivity index (χ3v) is 5.32. The van der Waals surface area contributed by atoms with Crippen molar-refractivity contribution in [3.05, 3.63) is 17.7 Å². The average Bonchev–Trinajstić information content (AvgIpc) is 2.80. The Kier molecular flexibility index (Phi) is 7.55. The van der Waals surface area contributed by atoms with Crippen LogP contribution in [0.3, 0.4) is 0 Å². The van der Waals surface area contributed by atoms with Gasteiger partial charge in [-0.2, -0.15) is 0 Å². The Morgan fingerprint density at radius 2 is 2.10 bits per heavy atom. The van der Waals surface area contributed by atoms with Gasteiger partial charge >= 0.3 is 0 Å². The zero-order valence-electron chi connectivity index (χ0n) is 18.1. The number of benzene rings is 1. The Morgan fingerprint density at radius 3 is 2.80 bits per heavy atom. The summed E-state index contributed by atoms with van der Waals surface area (Å²) in [5.74, 6) is 0.106. The van der Waals surface area contributed by atoms with E-state index >= 15 is 0 Å². The number of hydrogen-bond acceptors (Lipinski definition) is 5. The first-order valence-corrected chi connectivity index (χ1v) is 11.1. The Labute approximate surface area is 184 Å². The van der Waals surface area contributed by atoms with Gasteiger partial charge < -0.3 is 30.1 Å². The number of hydrogen-bond donors (Lipinski definition) is 3. The van der Waals surface area contributed by atoms with Crippen LogP contribution in [-0.2, 0) is 20.7 Å². The molecule has 1 fully saturated rings. The second kappa shape index (κ2) is 9.94. The summed E-state index contributed by atoms with van der Waals surface area (Å²) in [5.41, 5.74) is 2.10. The highest BCUT2D eigenvalue weighted by Gasteiger charge is 2.25. The molecule has 2 heterocycles. The van der Waals surface area contributed by atoms with Gasteiger partial charge in [-0.05, 0) is 76.7 Å². The van der Waals surface area contributed by atoms with E-state index < -0.39 is 0 Å². The highest BCUT2D eigenvalue weighted by molar-refractivity contribution is 7.80. The Hall–Kier alpha value is -1.90. The molecule has 30 heavy (non-hydrogen) atoms. The molecule has 2 aliphatic rings. The minimum atomic E-state index is -0.184. The largest absolute Gasteiger partial charge is 0.506 e. The molecule has 7 nitrogen and oxygen atoms in total. The lowest BCUT2D eigenvalue weighted by Crippen LogP contribution is -2.43. The third-order valence-electron chi connectivity index (χ3n) is 5.12. The van der Waals surface area contributed by atoms with Gasteiger partial charge in [0.1, 0.15) is 5.75 Å². The fourth-order valence-electron chi connectivity index (χ4n) is 3.73. The van der Waals surface area contributed by atoms with Crippen LogP contribution in [0.4, 0.5) is 11.4 Å². The number of phenolic OH excluding ortho intramolecular Hbond substituents is 1. The maximum Gasteiger partial charge on any atom is 0.227 e. The van der Waals surface area contributed by atoms with Crippen molar-refractivity contribution in [2.75, 3.05) is 30.0 Å². The number of anilines is 2. The van der Waals surface area contributed by atoms with E-state index in [0.717, 1.165) is 50.0 Å². The molecule has 1 amide bonds. The van der Waals surface area contributed by atoms with Crippen molar-refractivity contribution < 1.29 is 19.4 Å². The van der Waals surface area contributed by atoms with Crippen LogP contribution < -0.4 is 15.5 Å². The fraction of sp³-hybridized carbons (Fsp3) is 0.636. The first kappa shape index (κ1) is 22.8. The molecule has 166 valence electrons. The first-order valence-electron chi connectivity index (χ1n) is 10.7. The first-order chi connectivity index (χ1) is 14.2. The van der Waals surface area contributed by atoms with Gasteiger partial charge in [0.15, 0.2) is 11.4 Å². The third kappa shape index (κ3) is 6.30. The normalized spacial score (nSPS) is 19.8. The van der Waals surface area contributed by atoms with E-state index in [1.807, 2.05) is 26.8 Å². The van der Waals surface area contributed by atoms with Crippen molar-refractivity contribution in [3.8, 4) is 5.75 Å². The molecule has 0 spiro atoms. The standard InChI is InChI=1S/C22H33N3O4S/c1-22(2,3)24-21(30)23-16-13-15-7-6-8-19(27)25(17(15)14-18(16)26)10-12-29-20-9-4-5-11-28-20/h13-14,20,26H,4-12H2,1-3H3,(H2,23,24,30). The number of thiocarbonyl (C=S) groups is 1. The molecule has 0 aliphatic carbocycles. The van der Waals surface area contributed by atoms with Crippen LogP contribution in [0.5, 0.6) is 5.75 Å². The van der Waals surface area contributed by atoms with Crippen LogP contribution in [0.25, 0.3) is 0 Å².